The summed E-state index contributed by atoms with van der Waals surface area (Å²) in [5.41, 5.74) is 1.63. The molecule has 0 unspecified atom stereocenters. The fourth-order valence-electron chi connectivity index (χ4n) is 3.15. The Labute approximate surface area is 152 Å². The predicted molar refractivity (Wildman–Crippen MR) is 95.6 cm³/mol. The zero-order valence-corrected chi connectivity index (χ0v) is 14.9. The molecule has 2 aliphatic heterocycles. The van der Waals surface area contributed by atoms with Crippen LogP contribution in [0.5, 0.6) is 0 Å². The first-order valence-electron chi connectivity index (χ1n) is 8.87. The van der Waals surface area contributed by atoms with Crippen molar-refractivity contribution in [2.24, 2.45) is 0 Å². The van der Waals surface area contributed by atoms with Crippen LogP contribution in [0.3, 0.4) is 0 Å². The van der Waals surface area contributed by atoms with Gasteiger partial charge in [0.25, 0.3) is 0 Å². The van der Waals surface area contributed by atoms with Gasteiger partial charge in [0.2, 0.25) is 5.91 Å². The van der Waals surface area contributed by atoms with E-state index in [0.29, 0.717) is 38.3 Å². The van der Waals surface area contributed by atoms with Gasteiger partial charge in [0.15, 0.2) is 0 Å². The Morgan fingerprint density at radius 2 is 1.96 bits per heavy atom. The molecule has 0 aromatic heterocycles. The van der Waals surface area contributed by atoms with Gasteiger partial charge in [0.05, 0.1) is 6.54 Å². The second-order valence-corrected chi connectivity index (χ2v) is 6.68. The third-order valence-electron chi connectivity index (χ3n) is 4.47. The SMILES string of the molecule is C[C@@H](CN1CCCC1=O)NC(=O)Nc1ccc(CN2CCOC2=O)cc1. The van der Waals surface area contributed by atoms with Crippen molar-refractivity contribution in [2.75, 3.05) is 31.6 Å². The first kappa shape index (κ1) is 18.0. The summed E-state index contributed by atoms with van der Waals surface area (Å²) in [5, 5.41) is 5.62. The van der Waals surface area contributed by atoms with Crippen LogP contribution in [0, 0.1) is 0 Å². The van der Waals surface area contributed by atoms with Crippen molar-refractivity contribution >= 4 is 23.7 Å². The molecule has 2 N–H and O–H groups in total. The van der Waals surface area contributed by atoms with Gasteiger partial charge in [0.1, 0.15) is 6.61 Å². The number of nitrogens with zero attached hydrogens (tertiary/aromatic N) is 2. The molecule has 4 amide bonds. The van der Waals surface area contributed by atoms with Crippen molar-refractivity contribution in [1.29, 1.82) is 0 Å². The number of urea groups is 1. The number of carbonyl (C=O) groups excluding carboxylic acids is 3. The van der Waals surface area contributed by atoms with Gasteiger partial charge in [-0.2, -0.15) is 0 Å². The third kappa shape index (κ3) is 4.65. The Bertz CT molecular complexity index is 676. The smallest absolute Gasteiger partial charge is 0.410 e. The number of amides is 4. The average Bonchev–Trinajstić information content (AvgIpc) is 3.18. The zero-order chi connectivity index (χ0) is 18.5. The number of hydrogen-bond donors (Lipinski definition) is 2. The normalized spacial score (nSPS) is 18.0. The summed E-state index contributed by atoms with van der Waals surface area (Å²) >= 11 is 0. The largest absolute Gasteiger partial charge is 0.448 e. The lowest BCUT2D eigenvalue weighted by atomic mass is 10.2. The Balaban J connectivity index is 1.45. The van der Waals surface area contributed by atoms with Gasteiger partial charge >= 0.3 is 12.1 Å². The van der Waals surface area contributed by atoms with E-state index < -0.39 is 0 Å². The van der Waals surface area contributed by atoms with Crippen LogP contribution in [-0.2, 0) is 16.1 Å². The van der Waals surface area contributed by atoms with Crippen molar-refractivity contribution in [3.63, 3.8) is 0 Å². The van der Waals surface area contributed by atoms with Crippen LogP contribution in [0.25, 0.3) is 0 Å². The Morgan fingerprint density at radius 1 is 1.19 bits per heavy atom. The molecular weight excluding hydrogens is 336 g/mol. The maximum Gasteiger partial charge on any atom is 0.410 e. The molecule has 0 radical (unpaired) electrons. The van der Waals surface area contributed by atoms with E-state index in [1.54, 1.807) is 21.9 Å². The number of benzene rings is 1. The quantitative estimate of drug-likeness (QED) is 0.809. The van der Waals surface area contributed by atoms with Crippen molar-refractivity contribution in [3.05, 3.63) is 29.8 Å². The molecule has 140 valence electrons. The minimum atomic E-state index is -0.306. The minimum absolute atomic E-state index is 0.127. The molecule has 8 heteroatoms. The van der Waals surface area contributed by atoms with Crippen molar-refractivity contribution in [2.45, 2.75) is 32.4 Å². The molecule has 26 heavy (non-hydrogen) atoms. The molecule has 0 spiro atoms. The molecule has 1 atom stereocenters. The van der Waals surface area contributed by atoms with E-state index in [9.17, 15) is 14.4 Å². The molecule has 2 fully saturated rings. The first-order valence-corrected chi connectivity index (χ1v) is 8.87. The maximum absolute atomic E-state index is 12.1. The third-order valence-corrected chi connectivity index (χ3v) is 4.47. The van der Waals surface area contributed by atoms with Gasteiger partial charge in [-0.3, -0.25) is 4.79 Å². The lowest BCUT2D eigenvalue weighted by Gasteiger charge is -2.21. The van der Waals surface area contributed by atoms with Gasteiger partial charge in [-0.25, -0.2) is 9.59 Å². The summed E-state index contributed by atoms with van der Waals surface area (Å²) < 4.78 is 4.90. The second-order valence-electron chi connectivity index (χ2n) is 6.68. The summed E-state index contributed by atoms with van der Waals surface area (Å²) in [6.45, 7) is 4.68. The zero-order valence-electron chi connectivity index (χ0n) is 14.9. The minimum Gasteiger partial charge on any atom is -0.448 e. The molecular formula is C18H24N4O4. The van der Waals surface area contributed by atoms with Crippen molar-refractivity contribution in [3.8, 4) is 0 Å². The Morgan fingerprint density at radius 3 is 2.58 bits per heavy atom. The molecule has 3 rings (SSSR count). The molecule has 2 aliphatic rings. The number of anilines is 1. The van der Waals surface area contributed by atoms with Crippen LogP contribution in [0.2, 0.25) is 0 Å². The van der Waals surface area contributed by atoms with E-state index >= 15 is 0 Å². The lowest BCUT2D eigenvalue weighted by Crippen LogP contribution is -2.44. The molecule has 1 aromatic rings. The second kappa shape index (κ2) is 8.07. The lowest BCUT2D eigenvalue weighted by molar-refractivity contribution is -0.127. The first-order chi connectivity index (χ1) is 12.5. The van der Waals surface area contributed by atoms with Gasteiger partial charge in [0, 0.05) is 37.8 Å². The highest BCUT2D eigenvalue weighted by Gasteiger charge is 2.23. The number of nitrogens with one attached hydrogen (secondary N) is 2. The van der Waals surface area contributed by atoms with E-state index in [1.165, 1.54) is 0 Å². The highest BCUT2D eigenvalue weighted by atomic mass is 16.6. The van der Waals surface area contributed by atoms with Crippen LogP contribution in [0.1, 0.15) is 25.3 Å². The highest BCUT2D eigenvalue weighted by Crippen LogP contribution is 2.14. The molecule has 2 heterocycles. The standard InChI is InChI=1S/C18H24N4O4/c1-13(11-21-8-2-3-16(21)23)19-17(24)20-15-6-4-14(5-7-15)12-22-9-10-26-18(22)25/h4-7,13H,2-3,8-12H2,1H3,(H2,19,20,24)/t13-/m0/s1. The summed E-state index contributed by atoms with van der Waals surface area (Å²) in [5.74, 6) is 0.150. The van der Waals surface area contributed by atoms with Crippen LogP contribution >= 0.6 is 0 Å². The van der Waals surface area contributed by atoms with Gasteiger partial charge in [-0.15, -0.1) is 0 Å². The molecule has 0 aliphatic carbocycles. The van der Waals surface area contributed by atoms with Crippen molar-refractivity contribution < 1.29 is 19.1 Å². The predicted octanol–water partition coefficient (Wildman–Crippen LogP) is 1.77. The van der Waals surface area contributed by atoms with Crippen molar-refractivity contribution in [1.82, 2.24) is 15.1 Å². The molecule has 2 saturated heterocycles. The highest BCUT2D eigenvalue weighted by molar-refractivity contribution is 5.89. The number of ether oxygens (including phenoxy) is 1. The van der Waals surface area contributed by atoms with Crippen LogP contribution in [-0.4, -0.2) is 60.1 Å². The van der Waals surface area contributed by atoms with E-state index in [-0.39, 0.29) is 24.1 Å². The van der Waals surface area contributed by atoms with E-state index in [2.05, 4.69) is 10.6 Å². The number of cyclic esters (lactones) is 1. The summed E-state index contributed by atoms with van der Waals surface area (Å²) in [6, 6.07) is 6.90. The van der Waals surface area contributed by atoms with Gasteiger partial charge in [-0.1, -0.05) is 12.1 Å². The summed E-state index contributed by atoms with van der Waals surface area (Å²) in [7, 11) is 0. The number of hydrogen-bond acceptors (Lipinski definition) is 4. The number of carbonyl (C=O) groups is 3. The number of likely N-dealkylation sites (tertiary alicyclic amines) is 1. The topological polar surface area (TPSA) is 91.0 Å². The molecule has 8 nitrogen and oxygen atoms in total. The van der Waals surface area contributed by atoms with E-state index in [1.807, 2.05) is 19.1 Å². The Kier molecular flexibility index (Phi) is 5.60. The number of rotatable bonds is 6. The van der Waals surface area contributed by atoms with Crippen LogP contribution in [0.15, 0.2) is 24.3 Å². The van der Waals surface area contributed by atoms with Crippen LogP contribution in [0.4, 0.5) is 15.3 Å². The fourth-order valence-corrected chi connectivity index (χ4v) is 3.15. The Hall–Kier alpha value is -2.77. The average molecular weight is 360 g/mol. The van der Waals surface area contributed by atoms with Gasteiger partial charge < -0.3 is 25.2 Å². The molecule has 0 bridgehead atoms. The van der Waals surface area contributed by atoms with E-state index in [4.69, 9.17) is 4.74 Å². The summed E-state index contributed by atoms with van der Waals surface area (Å²) in [6.07, 6.45) is 1.19. The molecule has 1 aromatic carbocycles. The van der Waals surface area contributed by atoms with Gasteiger partial charge in [-0.05, 0) is 31.0 Å². The fraction of sp³-hybridized carbons (Fsp3) is 0.500. The monoisotopic (exact) mass is 360 g/mol. The maximum atomic E-state index is 12.1. The summed E-state index contributed by atoms with van der Waals surface area (Å²) in [4.78, 5) is 38.6. The molecule has 0 saturated carbocycles. The van der Waals surface area contributed by atoms with Crippen LogP contribution < -0.4 is 10.6 Å². The van der Waals surface area contributed by atoms with E-state index in [0.717, 1.165) is 18.5 Å².